The molecule has 0 aromatic heterocycles. The van der Waals surface area contributed by atoms with Gasteiger partial charge < -0.3 is 29.2 Å². The Hall–Kier alpha value is -2.55. The van der Waals surface area contributed by atoms with E-state index in [1.807, 2.05) is 20.8 Å². The van der Waals surface area contributed by atoms with Crippen LogP contribution < -0.4 is 0 Å². The predicted octanol–water partition coefficient (Wildman–Crippen LogP) is 6.51. The van der Waals surface area contributed by atoms with Gasteiger partial charge in [0.15, 0.2) is 12.2 Å². The summed E-state index contributed by atoms with van der Waals surface area (Å²) in [6.45, 7) is 9.48. The van der Waals surface area contributed by atoms with Crippen LogP contribution in [0.25, 0.3) is 0 Å². The fourth-order valence-electron chi connectivity index (χ4n) is 6.56. The van der Waals surface area contributed by atoms with Gasteiger partial charge >= 0.3 is 42.6 Å². The number of hydrogen-bond donors (Lipinski definition) is 2. The van der Waals surface area contributed by atoms with Gasteiger partial charge in [-0.3, -0.25) is 14.4 Å². The lowest BCUT2D eigenvalue weighted by molar-refractivity contribution is -0.405. The highest BCUT2D eigenvalue weighted by Gasteiger charge is 2.78. The summed E-state index contributed by atoms with van der Waals surface area (Å²) in [5, 5.41) is 19.2. The number of carbonyl (C=O) groups excluding carboxylic acids is 3. The Morgan fingerprint density at radius 1 is 0.654 bits per heavy atom. The van der Waals surface area contributed by atoms with Crippen molar-refractivity contribution >= 4 is 17.9 Å². The number of carbonyl (C=O) groups is 3. The molecule has 7 atom stereocenters. The molecule has 7 unspecified atom stereocenters. The van der Waals surface area contributed by atoms with Crippen LogP contribution in [0.1, 0.15) is 80.1 Å². The standard InChI is InChI=1S/C18H22F12O4.C13H18O5/c1-4-12(2,3)11(31)34-10-6-8(13(32,15(19,20)21)16(22,23)24)5-9(7-10)14(33,17(25,26)27)18(28,29)30;1-4-13(2,3)12(15)18-9-7-5-6-8(16-7)10(9)17-11(6)14/h8-10,32-33H,4-7H2,1-3H3;6-10H,4-5H2,1-3H3. The molecule has 0 spiro atoms. The summed E-state index contributed by atoms with van der Waals surface area (Å²) in [6, 6.07) is 0. The monoisotopic (exact) mass is 784 g/mol. The molecule has 2 bridgehead atoms. The Balaban J connectivity index is 0.000000334. The van der Waals surface area contributed by atoms with Gasteiger partial charge in [0, 0.05) is 11.8 Å². The summed E-state index contributed by atoms with van der Waals surface area (Å²) < 4.78 is 181. The zero-order valence-corrected chi connectivity index (χ0v) is 28.6. The molecule has 4 aliphatic rings. The zero-order chi connectivity index (χ0) is 40.4. The van der Waals surface area contributed by atoms with E-state index < -0.39 is 102 Å². The fourth-order valence-corrected chi connectivity index (χ4v) is 6.56. The van der Waals surface area contributed by atoms with Crippen molar-refractivity contribution in [3.63, 3.8) is 0 Å². The molecule has 0 aromatic rings. The quantitative estimate of drug-likeness (QED) is 0.161. The molecule has 2 N–H and O–H groups in total. The van der Waals surface area contributed by atoms with Crippen LogP contribution >= 0.6 is 0 Å². The van der Waals surface area contributed by atoms with E-state index in [2.05, 4.69) is 0 Å². The molecule has 3 aliphatic heterocycles. The summed E-state index contributed by atoms with van der Waals surface area (Å²) in [5.74, 6) is -8.65. The number of hydrogen-bond acceptors (Lipinski definition) is 9. The number of aliphatic hydroxyl groups is 2. The Bertz CT molecular complexity index is 1260. The third-order valence-electron chi connectivity index (χ3n) is 10.7. The Morgan fingerprint density at radius 2 is 1.04 bits per heavy atom. The average Bonchev–Trinajstić information content (AvgIpc) is 3.63. The van der Waals surface area contributed by atoms with Crippen molar-refractivity contribution in [1.82, 2.24) is 0 Å². The van der Waals surface area contributed by atoms with Crippen molar-refractivity contribution in [3.05, 3.63) is 0 Å². The maximum atomic E-state index is 13.3. The van der Waals surface area contributed by atoms with Crippen LogP contribution in [0.4, 0.5) is 52.7 Å². The first-order valence-corrected chi connectivity index (χ1v) is 16.2. The SMILES string of the molecule is CCC(C)(C)C(=O)OC1C2CC3C(=O)OC1C3O2.CCC(C)(C)C(=O)OC1CC(C(O)(C(F)(F)F)C(F)(F)F)CC(C(O)(C(F)(F)F)C(F)(F)F)C1. The first-order chi connectivity index (χ1) is 23.2. The van der Waals surface area contributed by atoms with Crippen LogP contribution in [0.5, 0.6) is 0 Å². The maximum Gasteiger partial charge on any atom is 0.426 e. The maximum absolute atomic E-state index is 13.3. The number of ether oxygens (including phenoxy) is 4. The summed E-state index contributed by atoms with van der Waals surface area (Å²) in [4.78, 5) is 35.8. The number of halogens is 12. The molecular formula is C31H40F12O9. The van der Waals surface area contributed by atoms with E-state index in [9.17, 15) is 77.3 Å². The van der Waals surface area contributed by atoms with Crippen molar-refractivity contribution in [2.75, 3.05) is 0 Å². The smallest absolute Gasteiger partial charge is 0.426 e. The van der Waals surface area contributed by atoms with Crippen LogP contribution in [0.2, 0.25) is 0 Å². The van der Waals surface area contributed by atoms with Gasteiger partial charge in [-0.05, 0) is 66.2 Å². The van der Waals surface area contributed by atoms with Crippen LogP contribution in [-0.2, 0) is 33.3 Å². The molecule has 4 rings (SSSR count). The van der Waals surface area contributed by atoms with E-state index in [0.717, 1.165) is 0 Å². The van der Waals surface area contributed by atoms with Gasteiger partial charge in [-0.1, -0.05) is 13.8 Å². The molecule has 0 aromatic carbocycles. The van der Waals surface area contributed by atoms with E-state index in [4.69, 9.17) is 18.9 Å². The van der Waals surface area contributed by atoms with Crippen molar-refractivity contribution in [1.29, 1.82) is 0 Å². The molecular weight excluding hydrogens is 744 g/mol. The largest absolute Gasteiger partial charge is 0.462 e. The average molecular weight is 785 g/mol. The molecule has 9 nitrogen and oxygen atoms in total. The molecule has 1 saturated carbocycles. The lowest BCUT2D eigenvalue weighted by atomic mass is 9.65. The Kier molecular flexibility index (Phi) is 11.8. The number of rotatable bonds is 8. The first kappa shape index (κ1) is 43.9. The molecule has 4 fully saturated rings. The number of fused-ring (bicyclic) bond motifs is 1. The van der Waals surface area contributed by atoms with E-state index in [-0.39, 0.29) is 36.5 Å². The van der Waals surface area contributed by atoms with Crippen LogP contribution in [0, 0.1) is 28.6 Å². The van der Waals surface area contributed by atoms with Gasteiger partial charge in [-0.25, -0.2) is 0 Å². The zero-order valence-electron chi connectivity index (χ0n) is 28.6. The van der Waals surface area contributed by atoms with Crippen LogP contribution in [0.15, 0.2) is 0 Å². The van der Waals surface area contributed by atoms with E-state index >= 15 is 0 Å². The third-order valence-corrected chi connectivity index (χ3v) is 10.7. The lowest BCUT2D eigenvalue weighted by Gasteiger charge is -2.48. The molecule has 52 heavy (non-hydrogen) atoms. The van der Waals surface area contributed by atoms with E-state index in [0.29, 0.717) is 12.8 Å². The van der Waals surface area contributed by atoms with Gasteiger partial charge in [0.2, 0.25) is 0 Å². The first-order valence-electron chi connectivity index (χ1n) is 16.2. The van der Waals surface area contributed by atoms with Gasteiger partial charge in [0.1, 0.15) is 12.2 Å². The van der Waals surface area contributed by atoms with Gasteiger partial charge in [0.05, 0.1) is 22.9 Å². The summed E-state index contributed by atoms with van der Waals surface area (Å²) in [5.41, 5.74) is -13.5. The minimum absolute atomic E-state index is 0.0184. The van der Waals surface area contributed by atoms with E-state index in [1.54, 1.807) is 0 Å². The number of alkyl halides is 12. The van der Waals surface area contributed by atoms with Gasteiger partial charge in [0.25, 0.3) is 11.2 Å². The minimum Gasteiger partial charge on any atom is -0.462 e. The van der Waals surface area contributed by atoms with Gasteiger partial charge in [-0.15, -0.1) is 0 Å². The Morgan fingerprint density at radius 3 is 1.40 bits per heavy atom. The molecule has 0 amide bonds. The Labute approximate surface area is 289 Å². The second-order valence-electron chi connectivity index (χ2n) is 14.9. The predicted molar refractivity (Wildman–Crippen MR) is 150 cm³/mol. The fraction of sp³-hybridized carbons (Fsp3) is 0.903. The molecule has 302 valence electrons. The second kappa shape index (κ2) is 13.9. The highest BCUT2D eigenvalue weighted by molar-refractivity contribution is 5.79. The molecule has 0 radical (unpaired) electrons. The van der Waals surface area contributed by atoms with Crippen molar-refractivity contribution in [3.8, 4) is 0 Å². The lowest BCUT2D eigenvalue weighted by Crippen LogP contribution is -2.67. The highest BCUT2D eigenvalue weighted by Crippen LogP contribution is 2.58. The topological polar surface area (TPSA) is 129 Å². The summed E-state index contributed by atoms with van der Waals surface area (Å²) in [6.07, 6.45) is -33.9. The van der Waals surface area contributed by atoms with Crippen molar-refractivity contribution < 1.29 is 96.2 Å². The third kappa shape index (κ3) is 7.68. The number of esters is 3. The molecule has 3 saturated heterocycles. The summed E-state index contributed by atoms with van der Waals surface area (Å²) >= 11 is 0. The van der Waals surface area contributed by atoms with Crippen molar-refractivity contribution in [2.24, 2.45) is 28.6 Å². The van der Waals surface area contributed by atoms with Crippen LogP contribution in [0.3, 0.4) is 0 Å². The van der Waals surface area contributed by atoms with Gasteiger partial charge in [-0.2, -0.15) is 52.7 Å². The molecule has 21 heteroatoms. The molecule has 1 aliphatic carbocycles. The second-order valence-corrected chi connectivity index (χ2v) is 14.9. The highest BCUT2D eigenvalue weighted by atomic mass is 19.4. The summed E-state index contributed by atoms with van der Waals surface area (Å²) in [7, 11) is 0. The molecule has 3 heterocycles. The van der Waals surface area contributed by atoms with Crippen LogP contribution in [-0.4, -0.2) is 94.5 Å². The normalized spacial score (nSPS) is 30.0. The van der Waals surface area contributed by atoms with Crippen molar-refractivity contribution in [2.45, 2.75) is 146 Å². The van der Waals surface area contributed by atoms with E-state index in [1.165, 1.54) is 20.8 Å². The minimum atomic E-state index is -6.58.